The van der Waals surface area contributed by atoms with Gasteiger partial charge in [0.1, 0.15) is 5.70 Å². The minimum Gasteiger partial charge on any atom is -0.462 e. The quantitative estimate of drug-likeness (QED) is 0.377. The van der Waals surface area contributed by atoms with Crippen molar-refractivity contribution in [2.75, 3.05) is 11.9 Å². The van der Waals surface area contributed by atoms with E-state index < -0.39 is 17.8 Å². The van der Waals surface area contributed by atoms with Crippen LogP contribution < -0.4 is 10.6 Å². The summed E-state index contributed by atoms with van der Waals surface area (Å²) in [5.41, 5.74) is 1.58. The molecule has 8 heteroatoms. The van der Waals surface area contributed by atoms with E-state index in [9.17, 15) is 14.4 Å². The highest BCUT2D eigenvalue weighted by molar-refractivity contribution is 9.10. The Bertz CT molecular complexity index is 1100. The fourth-order valence-corrected chi connectivity index (χ4v) is 2.90. The van der Waals surface area contributed by atoms with Gasteiger partial charge in [0.05, 0.1) is 12.2 Å². The summed E-state index contributed by atoms with van der Waals surface area (Å²) in [6.07, 6.45) is 1.55. The predicted molar refractivity (Wildman–Crippen MR) is 119 cm³/mol. The SMILES string of the molecule is CCOC(=O)c1ccc(NC(=O)/C(=C\c2ccccc2)NC(=O)c2ccc(Br)o2)cc1. The van der Waals surface area contributed by atoms with E-state index in [0.29, 0.717) is 15.9 Å². The van der Waals surface area contributed by atoms with E-state index in [0.717, 1.165) is 5.56 Å². The Hall–Kier alpha value is -3.65. The van der Waals surface area contributed by atoms with E-state index in [2.05, 4.69) is 26.6 Å². The molecule has 31 heavy (non-hydrogen) atoms. The number of amides is 2. The number of hydrogen-bond acceptors (Lipinski definition) is 5. The lowest BCUT2D eigenvalue weighted by atomic mass is 10.1. The third kappa shape index (κ3) is 6.16. The number of carbonyl (C=O) groups is 3. The standard InChI is InChI=1S/C23H19BrN2O5/c1-2-30-23(29)16-8-10-17(11-9-16)25-21(27)18(14-15-6-4-3-5-7-15)26-22(28)19-12-13-20(24)31-19/h3-14H,2H2,1H3,(H,25,27)(H,26,28)/b18-14+. The molecule has 1 aromatic heterocycles. The summed E-state index contributed by atoms with van der Waals surface area (Å²) in [6.45, 7) is 2.00. The van der Waals surface area contributed by atoms with Crippen molar-refractivity contribution in [3.63, 3.8) is 0 Å². The molecule has 2 N–H and O–H groups in total. The van der Waals surface area contributed by atoms with Gasteiger partial charge in [-0.2, -0.15) is 0 Å². The number of nitrogens with one attached hydrogen (secondary N) is 2. The van der Waals surface area contributed by atoms with E-state index in [1.54, 1.807) is 55.5 Å². The first kappa shape index (κ1) is 22.0. The topological polar surface area (TPSA) is 97.6 Å². The number of carbonyl (C=O) groups excluding carboxylic acids is 3. The summed E-state index contributed by atoms with van der Waals surface area (Å²) >= 11 is 3.15. The van der Waals surface area contributed by atoms with Crippen LogP contribution in [0.4, 0.5) is 5.69 Å². The minimum absolute atomic E-state index is 0.0261. The number of rotatable bonds is 7. The Morgan fingerprint density at radius 3 is 2.32 bits per heavy atom. The van der Waals surface area contributed by atoms with Crippen LogP contribution >= 0.6 is 15.9 Å². The summed E-state index contributed by atoms with van der Waals surface area (Å²) in [4.78, 5) is 37.2. The molecule has 0 aliphatic rings. The molecule has 0 atom stereocenters. The van der Waals surface area contributed by atoms with Crippen LogP contribution in [0.1, 0.15) is 33.4 Å². The highest BCUT2D eigenvalue weighted by atomic mass is 79.9. The van der Waals surface area contributed by atoms with Crippen molar-refractivity contribution >= 4 is 45.5 Å². The maximum atomic E-state index is 12.9. The maximum Gasteiger partial charge on any atom is 0.338 e. The van der Waals surface area contributed by atoms with Crippen LogP contribution in [0, 0.1) is 0 Å². The average molecular weight is 483 g/mol. The Labute approximate surface area is 187 Å². The van der Waals surface area contributed by atoms with Gasteiger partial charge in [0.15, 0.2) is 10.4 Å². The fraction of sp³-hybridized carbons (Fsp3) is 0.0870. The van der Waals surface area contributed by atoms with E-state index >= 15 is 0 Å². The zero-order valence-corrected chi connectivity index (χ0v) is 18.1. The molecule has 0 unspecified atom stereocenters. The van der Waals surface area contributed by atoms with Gasteiger partial charge in [-0.15, -0.1) is 0 Å². The second-order valence-electron chi connectivity index (χ2n) is 6.28. The van der Waals surface area contributed by atoms with Crippen molar-refractivity contribution < 1.29 is 23.5 Å². The van der Waals surface area contributed by atoms with Crippen molar-refractivity contribution in [1.82, 2.24) is 5.32 Å². The van der Waals surface area contributed by atoms with Gasteiger partial charge in [-0.05, 0) is 70.9 Å². The molecule has 2 amide bonds. The molecule has 3 aromatic rings. The first-order valence-electron chi connectivity index (χ1n) is 9.38. The van der Waals surface area contributed by atoms with Gasteiger partial charge in [0.25, 0.3) is 11.8 Å². The van der Waals surface area contributed by atoms with Crippen LogP contribution in [0.2, 0.25) is 0 Å². The number of hydrogen-bond donors (Lipinski definition) is 2. The molecule has 0 saturated heterocycles. The average Bonchev–Trinajstić information content (AvgIpc) is 3.21. The van der Waals surface area contributed by atoms with Crippen molar-refractivity contribution in [3.05, 3.63) is 94.0 Å². The van der Waals surface area contributed by atoms with Gasteiger partial charge >= 0.3 is 5.97 Å². The largest absolute Gasteiger partial charge is 0.462 e. The molecule has 0 aliphatic carbocycles. The Balaban J connectivity index is 1.79. The highest BCUT2D eigenvalue weighted by Crippen LogP contribution is 2.16. The van der Waals surface area contributed by atoms with Crippen molar-refractivity contribution in [3.8, 4) is 0 Å². The molecule has 1 heterocycles. The number of esters is 1. The van der Waals surface area contributed by atoms with Gasteiger partial charge < -0.3 is 19.8 Å². The van der Waals surface area contributed by atoms with Crippen LogP contribution in [0.15, 0.2) is 81.5 Å². The first-order valence-corrected chi connectivity index (χ1v) is 10.2. The summed E-state index contributed by atoms with van der Waals surface area (Å²) in [5.74, 6) is -1.49. The summed E-state index contributed by atoms with van der Waals surface area (Å²) in [6, 6.07) is 18.4. The maximum absolute atomic E-state index is 12.9. The van der Waals surface area contributed by atoms with Gasteiger partial charge in [0.2, 0.25) is 0 Å². The highest BCUT2D eigenvalue weighted by Gasteiger charge is 2.17. The number of anilines is 1. The van der Waals surface area contributed by atoms with E-state index in [-0.39, 0.29) is 18.1 Å². The molecular formula is C23H19BrN2O5. The van der Waals surface area contributed by atoms with Gasteiger partial charge in [-0.25, -0.2) is 4.79 Å². The third-order valence-electron chi connectivity index (χ3n) is 4.05. The first-order chi connectivity index (χ1) is 15.0. The normalized spacial score (nSPS) is 11.0. The Morgan fingerprint density at radius 1 is 1.00 bits per heavy atom. The summed E-state index contributed by atoms with van der Waals surface area (Å²) < 4.78 is 10.6. The number of halogens is 1. The summed E-state index contributed by atoms with van der Waals surface area (Å²) in [5, 5.41) is 5.29. The molecule has 2 aromatic carbocycles. The molecule has 0 aliphatic heterocycles. The van der Waals surface area contributed by atoms with Gasteiger partial charge in [-0.3, -0.25) is 9.59 Å². The molecule has 3 rings (SSSR count). The fourth-order valence-electron chi connectivity index (χ4n) is 2.60. The monoisotopic (exact) mass is 482 g/mol. The van der Waals surface area contributed by atoms with Crippen LogP contribution in [0.25, 0.3) is 6.08 Å². The van der Waals surface area contributed by atoms with Crippen LogP contribution in [0.5, 0.6) is 0 Å². The molecule has 0 bridgehead atoms. The summed E-state index contributed by atoms with van der Waals surface area (Å²) in [7, 11) is 0. The molecule has 0 spiro atoms. The van der Waals surface area contributed by atoms with Gasteiger partial charge in [0, 0.05) is 5.69 Å². The van der Waals surface area contributed by atoms with Crippen molar-refractivity contribution in [2.45, 2.75) is 6.92 Å². The second kappa shape index (κ2) is 10.4. The van der Waals surface area contributed by atoms with Crippen molar-refractivity contribution in [1.29, 1.82) is 0 Å². The molecule has 0 saturated carbocycles. The zero-order chi connectivity index (χ0) is 22.2. The molecule has 0 radical (unpaired) electrons. The minimum atomic E-state index is -0.569. The van der Waals surface area contributed by atoms with E-state index in [4.69, 9.17) is 9.15 Å². The Kier molecular flexibility index (Phi) is 7.40. The molecule has 0 fully saturated rings. The van der Waals surface area contributed by atoms with Crippen LogP contribution in [-0.2, 0) is 9.53 Å². The molecule has 7 nitrogen and oxygen atoms in total. The van der Waals surface area contributed by atoms with E-state index in [1.807, 2.05) is 18.2 Å². The second-order valence-corrected chi connectivity index (χ2v) is 7.06. The van der Waals surface area contributed by atoms with Crippen LogP contribution in [0.3, 0.4) is 0 Å². The lowest BCUT2D eigenvalue weighted by molar-refractivity contribution is -0.113. The predicted octanol–water partition coefficient (Wildman–Crippen LogP) is 4.63. The van der Waals surface area contributed by atoms with Crippen molar-refractivity contribution in [2.24, 2.45) is 0 Å². The number of ether oxygens (including phenoxy) is 1. The lowest BCUT2D eigenvalue weighted by Gasteiger charge is -2.11. The number of benzene rings is 2. The smallest absolute Gasteiger partial charge is 0.338 e. The van der Waals surface area contributed by atoms with Crippen LogP contribution in [-0.4, -0.2) is 24.4 Å². The molecular weight excluding hydrogens is 464 g/mol. The third-order valence-corrected chi connectivity index (χ3v) is 4.48. The van der Waals surface area contributed by atoms with Gasteiger partial charge in [-0.1, -0.05) is 30.3 Å². The number of furan rings is 1. The zero-order valence-electron chi connectivity index (χ0n) is 16.6. The van der Waals surface area contributed by atoms with E-state index in [1.165, 1.54) is 6.07 Å². The molecule has 158 valence electrons. The Morgan fingerprint density at radius 2 is 1.71 bits per heavy atom. The lowest BCUT2D eigenvalue weighted by Crippen LogP contribution is -2.30.